The molecule has 140 valence electrons. The van der Waals surface area contributed by atoms with Gasteiger partial charge in [0.2, 0.25) is 0 Å². The van der Waals surface area contributed by atoms with Crippen molar-refractivity contribution in [1.82, 2.24) is 0 Å². The van der Waals surface area contributed by atoms with Crippen LogP contribution in [0.5, 0.6) is 5.75 Å². The number of aromatic hydroxyl groups is 1. The third-order valence-corrected chi connectivity index (χ3v) is 4.22. The fourth-order valence-corrected chi connectivity index (χ4v) is 2.67. The minimum Gasteiger partial charge on any atom is -0.508 e. The summed E-state index contributed by atoms with van der Waals surface area (Å²) >= 11 is 0. The van der Waals surface area contributed by atoms with Crippen molar-refractivity contribution < 1.29 is 14.6 Å². The second kappa shape index (κ2) is 14.6. The van der Waals surface area contributed by atoms with E-state index in [1.807, 2.05) is 0 Å². The van der Waals surface area contributed by atoms with Crippen LogP contribution in [0.2, 0.25) is 0 Å². The summed E-state index contributed by atoms with van der Waals surface area (Å²) < 4.78 is 5.24. The Balaban J connectivity index is 1.87. The molecule has 0 heterocycles. The highest BCUT2D eigenvalue weighted by Crippen LogP contribution is 2.12. The molecule has 0 radical (unpaired) electrons. The molecule has 1 aromatic carbocycles. The van der Waals surface area contributed by atoms with E-state index < -0.39 is 0 Å². The van der Waals surface area contributed by atoms with Crippen LogP contribution < -0.4 is 0 Å². The van der Waals surface area contributed by atoms with Crippen LogP contribution in [0.4, 0.5) is 0 Å². The monoisotopic (exact) mass is 346 g/mol. The van der Waals surface area contributed by atoms with Crippen LogP contribution in [0, 0.1) is 0 Å². The molecule has 0 saturated heterocycles. The van der Waals surface area contributed by atoms with Crippen LogP contribution in [-0.2, 0) is 4.74 Å². The van der Waals surface area contributed by atoms with Crippen molar-refractivity contribution in [2.75, 3.05) is 6.61 Å². The molecule has 3 nitrogen and oxygen atoms in total. The minimum atomic E-state index is -0.312. The van der Waals surface area contributed by atoms with Gasteiger partial charge < -0.3 is 9.84 Å². The van der Waals surface area contributed by atoms with Gasteiger partial charge in [-0.15, -0.1) is 0 Å². The van der Waals surface area contributed by atoms with Gasteiger partial charge in [-0.05, 0) is 49.9 Å². The predicted molar refractivity (Wildman–Crippen MR) is 104 cm³/mol. The van der Waals surface area contributed by atoms with Crippen LogP contribution in [0.1, 0.15) is 87.9 Å². The molecule has 0 atom stereocenters. The van der Waals surface area contributed by atoms with Gasteiger partial charge in [0, 0.05) is 0 Å². The fourth-order valence-electron chi connectivity index (χ4n) is 2.67. The number of allylic oxidation sites excluding steroid dienone is 2. The van der Waals surface area contributed by atoms with Crippen LogP contribution in [0.25, 0.3) is 0 Å². The second-order valence-electron chi connectivity index (χ2n) is 6.56. The Kier molecular flexibility index (Phi) is 12.4. The van der Waals surface area contributed by atoms with Crippen molar-refractivity contribution in [2.24, 2.45) is 0 Å². The Labute approximate surface area is 153 Å². The largest absolute Gasteiger partial charge is 0.508 e. The van der Waals surface area contributed by atoms with Crippen LogP contribution >= 0.6 is 0 Å². The maximum Gasteiger partial charge on any atom is 0.338 e. The molecular formula is C22H34O3. The molecule has 1 N–H and O–H groups in total. The van der Waals surface area contributed by atoms with E-state index in [9.17, 15) is 9.90 Å². The van der Waals surface area contributed by atoms with E-state index in [0.29, 0.717) is 12.2 Å². The van der Waals surface area contributed by atoms with E-state index in [1.54, 1.807) is 12.1 Å². The van der Waals surface area contributed by atoms with Crippen LogP contribution in [0.3, 0.4) is 0 Å². The third kappa shape index (κ3) is 11.4. The molecule has 0 amide bonds. The van der Waals surface area contributed by atoms with Gasteiger partial charge in [-0.1, -0.05) is 64.0 Å². The van der Waals surface area contributed by atoms with Gasteiger partial charge in [0.05, 0.1) is 12.2 Å². The fraction of sp³-hybridized carbons (Fsp3) is 0.591. The molecule has 0 aliphatic carbocycles. The molecule has 25 heavy (non-hydrogen) atoms. The number of hydrogen-bond donors (Lipinski definition) is 1. The first-order valence-electron chi connectivity index (χ1n) is 9.85. The van der Waals surface area contributed by atoms with E-state index in [2.05, 4.69) is 19.1 Å². The zero-order chi connectivity index (χ0) is 18.2. The lowest BCUT2D eigenvalue weighted by Crippen LogP contribution is -2.06. The summed E-state index contributed by atoms with van der Waals surface area (Å²) in [6.45, 7) is 2.69. The standard InChI is InChI=1S/C22H34O3/c1-2-3-4-5-6-7-8-9-10-11-12-13-14-19-25-22(24)20-15-17-21(23)18-16-20/h4-5,15-18,23H,2-3,6-14,19H2,1H3/b5-4+. The Morgan fingerprint density at radius 2 is 1.44 bits per heavy atom. The van der Waals surface area contributed by atoms with Gasteiger partial charge in [-0.2, -0.15) is 0 Å². The second-order valence-corrected chi connectivity index (χ2v) is 6.56. The summed E-state index contributed by atoms with van der Waals surface area (Å²) in [7, 11) is 0. The zero-order valence-electron chi connectivity index (χ0n) is 15.7. The Morgan fingerprint density at radius 1 is 0.880 bits per heavy atom. The van der Waals surface area contributed by atoms with Gasteiger partial charge >= 0.3 is 5.97 Å². The summed E-state index contributed by atoms with van der Waals surface area (Å²) in [5.41, 5.74) is 0.488. The van der Waals surface area contributed by atoms with Gasteiger partial charge in [-0.25, -0.2) is 4.79 Å². The molecule has 0 fully saturated rings. The van der Waals surface area contributed by atoms with Gasteiger partial charge in [-0.3, -0.25) is 0 Å². The third-order valence-electron chi connectivity index (χ3n) is 4.22. The molecule has 0 unspecified atom stereocenters. The SMILES string of the molecule is CCC/C=C/CCCCCCCCCCOC(=O)c1ccc(O)cc1. The highest BCUT2D eigenvalue weighted by Gasteiger charge is 2.06. The quantitative estimate of drug-likeness (QED) is 0.240. The Bertz CT molecular complexity index is 477. The average molecular weight is 347 g/mol. The van der Waals surface area contributed by atoms with E-state index in [4.69, 9.17) is 4.74 Å². The average Bonchev–Trinajstić information content (AvgIpc) is 2.62. The molecule has 0 saturated carbocycles. The normalized spacial score (nSPS) is 11.1. The number of benzene rings is 1. The first-order valence-corrected chi connectivity index (χ1v) is 9.85. The highest BCUT2D eigenvalue weighted by molar-refractivity contribution is 5.89. The number of esters is 1. The lowest BCUT2D eigenvalue weighted by molar-refractivity contribution is 0.0497. The first kappa shape index (κ1) is 21.3. The van der Waals surface area contributed by atoms with Crippen LogP contribution in [-0.4, -0.2) is 17.7 Å². The summed E-state index contributed by atoms with van der Waals surface area (Å²) in [6.07, 6.45) is 18.1. The van der Waals surface area contributed by atoms with E-state index in [1.165, 1.54) is 69.9 Å². The van der Waals surface area contributed by atoms with Gasteiger partial charge in [0.25, 0.3) is 0 Å². The van der Waals surface area contributed by atoms with Crippen LogP contribution in [0.15, 0.2) is 36.4 Å². The molecule has 0 spiro atoms. The molecule has 3 heteroatoms. The zero-order valence-corrected chi connectivity index (χ0v) is 15.7. The van der Waals surface area contributed by atoms with Gasteiger partial charge in [0.15, 0.2) is 0 Å². The lowest BCUT2D eigenvalue weighted by Gasteiger charge is -2.05. The molecule has 1 rings (SSSR count). The van der Waals surface area contributed by atoms with E-state index in [0.717, 1.165) is 12.8 Å². The topological polar surface area (TPSA) is 46.5 Å². The smallest absolute Gasteiger partial charge is 0.338 e. The molecule has 0 bridgehead atoms. The summed E-state index contributed by atoms with van der Waals surface area (Å²) in [6, 6.07) is 6.16. The molecular weight excluding hydrogens is 312 g/mol. The number of hydrogen-bond acceptors (Lipinski definition) is 3. The van der Waals surface area contributed by atoms with E-state index >= 15 is 0 Å². The molecule has 1 aromatic rings. The summed E-state index contributed by atoms with van der Waals surface area (Å²) in [5.74, 6) is -0.155. The van der Waals surface area contributed by atoms with Crippen molar-refractivity contribution in [1.29, 1.82) is 0 Å². The van der Waals surface area contributed by atoms with Crippen molar-refractivity contribution in [3.63, 3.8) is 0 Å². The number of phenols is 1. The number of carbonyl (C=O) groups is 1. The number of phenolic OH excluding ortho intramolecular Hbond substituents is 1. The summed E-state index contributed by atoms with van der Waals surface area (Å²) in [5, 5.41) is 9.19. The molecule has 0 aliphatic rings. The summed E-state index contributed by atoms with van der Waals surface area (Å²) in [4.78, 5) is 11.8. The van der Waals surface area contributed by atoms with Gasteiger partial charge in [0.1, 0.15) is 5.75 Å². The molecule has 0 aliphatic heterocycles. The molecule has 0 aromatic heterocycles. The number of unbranched alkanes of at least 4 members (excludes halogenated alkanes) is 9. The number of carbonyl (C=O) groups excluding carboxylic acids is 1. The Morgan fingerprint density at radius 3 is 2.08 bits per heavy atom. The lowest BCUT2D eigenvalue weighted by atomic mass is 10.1. The highest BCUT2D eigenvalue weighted by atomic mass is 16.5. The van der Waals surface area contributed by atoms with E-state index in [-0.39, 0.29) is 11.7 Å². The number of rotatable bonds is 14. The van der Waals surface area contributed by atoms with Crippen molar-refractivity contribution in [2.45, 2.75) is 77.6 Å². The predicted octanol–water partition coefficient (Wildman–Crippen LogP) is 6.42. The first-order chi connectivity index (χ1) is 12.2. The maximum absolute atomic E-state index is 11.8. The van der Waals surface area contributed by atoms with Crippen molar-refractivity contribution >= 4 is 5.97 Å². The Hall–Kier alpha value is -1.77. The van der Waals surface area contributed by atoms with Crippen molar-refractivity contribution in [3.8, 4) is 5.75 Å². The minimum absolute atomic E-state index is 0.157. The number of ether oxygens (including phenoxy) is 1. The van der Waals surface area contributed by atoms with Crippen molar-refractivity contribution in [3.05, 3.63) is 42.0 Å². The maximum atomic E-state index is 11.8.